The summed E-state index contributed by atoms with van der Waals surface area (Å²) in [6.45, 7) is 4.96. The van der Waals surface area contributed by atoms with Crippen molar-refractivity contribution in [3.8, 4) is 0 Å². The number of nitrogens with zero attached hydrogens (tertiary/aromatic N) is 1. The van der Waals surface area contributed by atoms with Crippen molar-refractivity contribution in [3.05, 3.63) is 34.1 Å². The SMILES string of the molecule is CC(N)C1CCN(Cc2ccc(Br)c(F)c2)C1. The highest BCUT2D eigenvalue weighted by Gasteiger charge is 2.24. The average Bonchev–Trinajstić information content (AvgIpc) is 2.72. The topological polar surface area (TPSA) is 29.3 Å². The lowest BCUT2D eigenvalue weighted by molar-refractivity contribution is 0.308. The van der Waals surface area contributed by atoms with Gasteiger partial charge in [-0.05, 0) is 59.4 Å². The summed E-state index contributed by atoms with van der Waals surface area (Å²) in [6, 6.07) is 5.58. The molecule has 0 aromatic heterocycles. The van der Waals surface area contributed by atoms with Crippen molar-refractivity contribution in [1.29, 1.82) is 0 Å². The Morgan fingerprint density at radius 3 is 2.94 bits per heavy atom. The van der Waals surface area contributed by atoms with Crippen molar-refractivity contribution < 1.29 is 4.39 Å². The smallest absolute Gasteiger partial charge is 0.137 e. The summed E-state index contributed by atoms with van der Waals surface area (Å²) in [5.41, 5.74) is 6.93. The summed E-state index contributed by atoms with van der Waals surface area (Å²) in [5, 5.41) is 0. The molecule has 1 aliphatic rings. The molecule has 2 atom stereocenters. The van der Waals surface area contributed by atoms with E-state index in [0.29, 0.717) is 10.4 Å². The third-order valence-electron chi connectivity index (χ3n) is 3.44. The van der Waals surface area contributed by atoms with Crippen LogP contribution in [0.4, 0.5) is 4.39 Å². The standard InChI is InChI=1S/C13H18BrFN2/c1-9(16)11-4-5-17(8-11)7-10-2-3-12(14)13(15)6-10/h2-3,6,9,11H,4-5,7-8,16H2,1H3. The first kappa shape index (κ1) is 13.0. The van der Waals surface area contributed by atoms with Gasteiger partial charge in [0.2, 0.25) is 0 Å². The first-order valence-corrected chi connectivity index (χ1v) is 6.77. The number of rotatable bonds is 3. The minimum Gasteiger partial charge on any atom is -0.328 e. The molecule has 17 heavy (non-hydrogen) atoms. The molecule has 1 aliphatic heterocycles. The van der Waals surface area contributed by atoms with Gasteiger partial charge in [0, 0.05) is 19.1 Å². The number of nitrogens with two attached hydrogens (primary N) is 1. The number of likely N-dealkylation sites (tertiary alicyclic amines) is 1. The third kappa shape index (κ3) is 3.27. The quantitative estimate of drug-likeness (QED) is 0.930. The maximum absolute atomic E-state index is 13.4. The van der Waals surface area contributed by atoms with Crippen molar-refractivity contribution >= 4 is 15.9 Å². The maximum atomic E-state index is 13.4. The van der Waals surface area contributed by atoms with E-state index in [1.54, 1.807) is 12.1 Å². The van der Waals surface area contributed by atoms with Crippen LogP contribution in [0.15, 0.2) is 22.7 Å². The summed E-state index contributed by atoms with van der Waals surface area (Å²) in [4.78, 5) is 2.34. The molecule has 0 radical (unpaired) electrons. The Balaban J connectivity index is 1.96. The van der Waals surface area contributed by atoms with Gasteiger partial charge in [-0.2, -0.15) is 0 Å². The van der Waals surface area contributed by atoms with Gasteiger partial charge >= 0.3 is 0 Å². The Labute approximate surface area is 110 Å². The van der Waals surface area contributed by atoms with Gasteiger partial charge in [-0.15, -0.1) is 0 Å². The summed E-state index contributed by atoms with van der Waals surface area (Å²) < 4.78 is 13.9. The number of halogens is 2. The molecule has 2 N–H and O–H groups in total. The van der Waals surface area contributed by atoms with Crippen LogP contribution in [-0.2, 0) is 6.54 Å². The van der Waals surface area contributed by atoms with E-state index in [-0.39, 0.29) is 11.9 Å². The highest BCUT2D eigenvalue weighted by Crippen LogP contribution is 2.22. The molecule has 2 rings (SSSR count). The Morgan fingerprint density at radius 2 is 2.35 bits per heavy atom. The van der Waals surface area contributed by atoms with E-state index in [0.717, 1.165) is 31.6 Å². The second-order valence-electron chi connectivity index (χ2n) is 4.89. The summed E-state index contributed by atoms with van der Waals surface area (Å²) in [6.07, 6.45) is 1.15. The van der Waals surface area contributed by atoms with Crippen LogP contribution in [0.25, 0.3) is 0 Å². The fourth-order valence-electron chi connectivity index (χ4n) is 2.33. The molecule has 2 nitrogen and oxygen atoms in total. The molecular formula is C13H18BrFN2. The van der Waals surface area contributed by atoms with Crippen LogP contribution in [0.5, 0.6) is 0 Å². The fraction of sp³-hybridized carbons (Fsp3) is 0.538. The minimum absolute atomic E-state index is 0.189. The van der Waals surface area contributed by atoms with Gasteiger partial charge in [0.25, 0.3) is 0 Å². The summed E-state index contributed by atoms with van der Waals surface area (Å²) in [7, 11) is 0. The zero-order valence-corrected chi connectivity index (χ0v) is 11.6. The van der Waals surface area contributed by atoms with E-state index >= 15 is 0 Å². The number of benzene rings is 1. The molecule has 0 amide bonds. The van der Waals surface area contributed by atoms with E-state index in [9.17, 15) is 4.39 Å². The van der Waals surface area contributed by atoms with Gasteiger partial charge in [-0.1, -0.05) is 6.07 Å². The van der Waals surface area contributed by atoms with Gasteiger partial charge in [-0.3, -0.25) is 4.90 Å². The monoisotopic (exact) mass is 300 g/mol. The van der Waals surface area contributed by atoms with E-state index in [4.69, 9.17) is 5.73 Å². The second-order valence-corrected chi connectivity index (χ2v) is 5.75. The van der Waals surface area contributed by atoms with Crippen LogP contribution in [-0.4, -0.2) is 24.0 Å². The fourth-order valence-corrected chi connectivity index (χ4v) is 2.58. The zero-order chi connectivity index (χ0) is 12.4. The highest BCUT2D eigenvalue weighted by atomic mass is 79.9. The molecule has 0 spiro atoms. The summed E-state index contributed by atoms with van der Waals surface area (Å²) >= 11 is 3.17. The van der Waals surface area contributed by atoms with Crippen molar-refractivity contribution in [2.24, 2.45) is 11.7 Å². The largest absolute Gasteiger partial charge is 0.328 e. The predicted octanol–water partition coefficient (Wildman–Crippen LogP) is 2.76. The average molecular weight is 301 g/mol. The molecule has 1 saturated heterocycles. The molecule has 0 bridgehead atoms. The van der Waals surface area contributed by atoms with Gasteiger partial charge in [-0.25, -0.2) is 4.39 Å². The molecule has 1 aromatic carbocycles. The van der Waals surface area contributed by atoms with E-state index in [1.807, 2.05) is 6.07 Å². The lowest BCUT2D eigenvalue weighted by atomic mass is 10.0. The van der Waals surface area contributed by atoms with E-state index in [1.165, 1.54) is 0 Å². The van der Waals surface area contributed by atoms with Gasteiger partial charge in [0.05, 0.1) is 4.47 Å². The molecule has 1 aromatic rings. The van der Waals surface area contributed by atoms with Gasteiger partial charge in [0.1, 0.15) is 5.82 Å². The second kappa shape index (κ2) is 5.46. The van der Waals surface area contributed by atoms with Crippen molar-refractivity contribution in [2.45, 2.75) is 25.9 Å². The first-order chi connectivity index (χ1) is 8.06. The van der Waals surface area contributed by atoms with Crippen LogP contribution in [0.1, 0.15) is 18.9 Å². The van der Waals surface area contributed by atoms with Gasteiger partial charge < -0.3 is 5.73 Å². The lowest BCUT2D eigenvalue weighted by Gasteiger charge is -2.18. The number of hydrogen-bond acceptors (Lipinski definition) is 2. The maximum Gasteiger partial charge on any atom is 0.137 e. The molecule has 1 heterocycles. The Morgan fingerprint density at radius 1 is 1.59 bits per heavy atom. The van der Waals surface area contributed by atoms with Crippen LogP contribution in [0.2, 0.25) is 0 Å². The zero-order valence-electron chi connectivity index (χ0n) is 10.00. The highest BCUT2D eigenvalue weighted by molar-refractivity contribution is 9.10. The molecule has 0 aliphatic carbocycles. The molecular weight excluding hydrogens is 283 g/mol. The third-order valence-corrected chi connectivity index (χ3v) is 4.09. The molecule has 0 saturated carbocycles. The summed E-state index contributed by atoms with van der Waals surface area (Å²) in [5.74, 6) is 0.390. The first-order valence-electron chi connectivity index (χ1n) is 5.98. The van der Waals surface area contributed by atoms with Crippen molar-refractivity contribution in [2.75, 3.05) is 13.1 Å². The molecule has 2 unspecified atom stereocenters. The Hall–Kier alpha value is -0.450. The molecule has 4 heteroatoms. The molecule has 1 fully saturated rings. The lowest BCUT2D eigenvalue weighted by Crippen LogP contribution is -2.29. The van der Waals surface area contributed by atoms with E-state index < -0.39 is 0 Å². The van der Waals surface area contributed by atoms with E-state index in [2.05, 4.69) is 27.8 Å². The Bertz CT molecular complexity index is 395. The minimum atomic E-state index is -0.189. The Kier molecular flexibility index (Phi) is 4.17. The van der Waals surface area contributed by atoms with Crippen molar-refractivity contribution in [1.82, 2.24) is 4.90 Å². The van der Waals surface area contributed by atoms with Crippen LogP contribution in [0, 0.1) is 11.7 Å². The predicted molar refractivity (Wildman–Crippen MR) is 71.1 cm³/mol. The number of hydrogen-bond donors (Lipinski definition) is 1. The van der Waals surface area contributed by atoms with Crippen molar-refractivity contribution in [3.63, 3.8) is 0 Å². The van der Waals surface area contributed by atoms with Gasteiger partial charge in [0.15, 0.2) is 0 Å². The van der Waals surface area contributed by atoms with Crippen LogP contribution >= 0.6 is 15.9 Å². The van der Waals surface area contributed by atoms with Crippen LogP contribution in [0.3, 0.4) is 0 Å². The normalized spacial score (nSPS) is 22.9. The molecule has 94 valence electrons. The van der Waals surface area contributed by atoms with Crippen LogP contribution < -0.4 is 5.73 Å².